The minimum absolute atomic E-state index is 0.243. The molecule has 0 bridgehead atoms. The summed E-state index contributed by atoms with van der Waals surface area (Å²) in [6.07, 6.45) is 1.72. The second kappa shape index (κ2) is 8.40. The van der Waals surface area contributed by atoms with Gasteiger partial charge < -0.3 is 14.8 Å². The molecule has 0 atom stereocenters. The van der Waals surface area contributed by atoms with Crippen molar-refractivity contribution in [3.8, 4) is 17.2 Å². The van der Waals surface area contributed by atoms with Crippen LogP contribution in [0.4, 0.5) is 5.69 Å². The third-order valence-electron chi connectivity index (χ3n) is 3.95. The number of anilines is 1. The van der Waals surface area contributed by atoms with Crippen LogP contribution in [0.1, 0.15) is 29.9 Å². The van der Waals surface area contributed by atoms with E-state index in [0.29, 0.717) is 24.7 Å². The maximum Gasteiger partial charge on any atom is 0.280 e. The number of hydrogen-bond acceptors (Lipinski definition) is 4. The Morgan fingerprint density at radius 2 is 1.74 bits per heavy atom. The van der Waals surface area contributed by atoms with Crippen molar-refractivity contribution in [2.75, 3.05) is 18.5 Å². The molecule has 0 aliphatic heterocycles. The molecule has 0 unspecified atom stereocenters. The average molecular weight is 365 g/mol. The molecule has 0 radical (unpaired) electrons. The van der Waals surface area contributed by atoms with Crippen LogP contribution in [0.5, 0.6) is 11.5 Å². The number of para-hydroxylation sites is 1. The highest BCUT2D eigenvalue weighted by Crippen LogP contribution is 2.24. The molecule has 1 aromatic heterocycles. The Labute approximate surface area is 158 Å². The van der Waals surface area contributed by atoms with Crippen molar-refractivity contribution in [1.29, 1.82) is 0 Å². The summed E-state index contributed by atoms with van der Waals surface area (Å²) in [5.41, 5.74) is 2.73. The highest BCUT2D eigenvalue weighted by molar-refractivity contribution is 6.04. The second-order valence-electron chi connectivity index (χ2n) is 5.92. The number of carbonyl (C=O) groups excluding carboxylic acids is 1. The van der Waals surface area contributed by atoms with Gasteiger partial charge in [0.1, 0.15) is 5.75 Å². The Balaban J connectivity index is 1.85. The lowest BCUT2D eigenvalue weighted by molar-refractivity contribution is 0.101. The fourth-order valence-electron chi connectivity index (χ4n) is 2.72. The fourth-order valence-corrected chi connectivity index (χ4v) is 2.72. The lowest BCUT2D eigenvalue weighted by Gasteiger charge is -2.10. The molecule has 0 aliphatic rings. The molecule has 6 heteroatoms. The monoisotopic (exact) mass is 365 g/mol. The summed E-state index contributed by atoms with van der Waals surface area (Å²) in [6, 6.07) is 15.1. The van der Waals surface area contributed by atoms with Crippen LogP contribution in [0.2, 0.25) is 0 Å². The van der Waals surface area contributed by atoms with Crippen molar-refractivity contribution in [3.05, 3.63) is 66.0 Å². The molecule has 1 N–H and O–H groups in total. The smallest absolute Gasteiger partial charge is 0.280 e. The third-order valence-corrected chi connectivity index (χ3v) is 3.95. The first-order chi connectivity index (χ1) is 13.1. The quantitative estimate of drug-likeness (QED) is 0.680. The first-order valence-electron chi connectivity index (χ1n) is 8.95. The molecule has 140 valence electrons. The topological polar surface area (TPSA) is 65.4 Å². The Bertz CT molecular complexity index is 920. The van der Waals surface area contributed by atoms with E-state index in [1.807, 2.05) is 69.3 Å². The minimum Gasteiger partial charge on any atom is -0.494 e. The molecule has 1 amide bonds. The van der Waals surface area contributed by atoms with Gasteiger partial charge in [0.05, 0.1) is 25.1 Å². The zero-order chi connectivity index (χ0) is 19.2. The number of ether oxygens (including phenoxy) is 2. The van der Waals surface area contributed by atoms with Crippen LogP contribution >= 0.6 is 0 Å². The van der Waals surface area contributed by atoms with E-state index >= 15 is 0 Å². The largest absolute Gasteiger partial charge is 0.494 e. The molecular formula is C21H23N3O3. The normalized spacial score (nSPS) is 10.5. The summed E-state index contributed by atoms with van der Waals surface area (Å²) in [5.74, 6) is 0.928. The van der Waals surface area contributed by atoms with E-state index in [1.165, 1.54) is 0 Å². The maximum atomic E-state index is 12.8. The van der Waals surface area contributed by atoms with Gasteiger partial charge in [-0.1, -0.05) is 18.2 Å². The standard InChI is InChI=1S/C21H23N3O3/c1-4-26-18-12-11-16(13-15(18)3)22-21(25)20-19(27-5-2)14-24(23-20)17-9-7-6-8-10-17/h6-14H,4-5H2,1-3H3,(H,22,25). The molecule has 6 nitrogen and oxygen atoms in total. The molecule has 3 aromatic rings. The predicted molar refractivity (Wildman–Crippen MR) is 105 cm³/mol. The highest BCUT2D eigenvalue weighted by Gasteiger charge is 2.19. The molecule has 1 heterocycles. The number of hydrogen-bond donors (Lipinski definition) is 1. The van der Waals surface area contributed by atoms with Gasteiger partial charge in [0.25, 0.3) is 5.91 Å². The molecule has 0 saturated heterocycles. The summed E-state index contributed by atoms with van der Waals surface area (Å²) >= 11 is 0. The van der Waals surface area contributed by atoms with E-state index in [1.54, 1.807) is 10.9 Å². The predicted octanol–water partition coefficient (Wildman–Crippen LogP) is 4.23. The van der Waals surface area contributed by atoms with Crippen LogP contribution in [-0.4, -0.2) is 28.9 Å². The molecule has 0 aliphatic carbocycles. The van der Waals surface area contributed by atoms with Crippen molar-refractivity contribution in [1.82, 2.24) is 9.78 Å². The lowest BCUT2D eigenvalue weighted by Crippen LogP contribution is -2.14. The first kappa shape index (κ1) is 18.5. The third kappa shape index (κ3) is 4.28. The Hall–Kier alpha value is -3.28. The molecule has 3 rings (SSSR count). The SMILES string of the molecule is CCOc1ccc(NC(=O)c2nn(-c3ccccc3)cc2OCC)cc1C. The van der Waals surface area contributed by atoms with Gasteiger partial charge >= 0.3 is 0 Å². The second-order valence-corrected chi connectivity index (χ2v) is 5.92. The summed E-state index contributed by atoms with van der Waals surface area (Å²) in [7, 11) is 0. The maximum absolute atomic E-state index is 12.8. The molecular weight excluding hydrogens is 342 g/mol. The summed E-state index contributed by atoms with van der Waals surface area (Å²) < 4.78 is 12.8. The number of benzene rings is 2. The van der Waals surface area contributed by atoms with Crippen molar-refractivity contribution in [2.24, 2.45) is 0 Å². The van der Waals surface area contributed by atoms with Crippen LogP contribution < -0.4 is 14.8 Å². The van der Waals surface area contributed by atoms with E-state index < -0.39 is 0 Å². The molecule has 0 fully saturated rings. The van der Waals surface area contributed by atoms with Crippen LogP contribution in [0.25, 0.3) is 5.69 Å². The van der Waals surface area contributed by atoms with Gasteiger partial charge in [-0.05, 0) is 56.7 Å². The minimum atomic E-state index is -0.323. The van der Waals surface area contributed by atoms with E-state index in [4.69, 9.17) is 9.47 Å². The number of rotatable bonds is 7. The van der Waals surface area contributed by atoms with Gasteiger partial charge in [0.2, 0.25) is 0 Å². The van der Waals surface area contributed by atoms with Crippen LogP contribution in [0.3, 0.4) is 0 Å². The molecule has 0 spiro atoms. The van der Waals surface area contributed by atoms with E-state index in [2.05, 4.69) is 10.4 Å². The fraction of sp³-hybridized carbons (Fsp3) is 0.238. The van der Waals surface area contributed by atoms with Gasteiger partial charge in [0.15, 0.2) is 11.4 Å². The van der Waals surface area contributed by atoms with Gasteiger partial charge in [-0.15, -0.1) is 0 Å². The molecule has 0 saturated carbocycles. The van der Waals surface area contributed by atoms with Gasteiger partial charge in [-0.2, -0.15) is 5.10 Å². The van der Waals surface area contributed by atoms with E-state index in [-0.39, 0.29) is 11.6 Å². The van der Waals surface area contributed by atoms with Gasteiger partial charge in [0, 0.05) is 5.69 Å². The number of aromatic nitrogens is 2. The molecule has 27 heavy (non-hydrogen) atoms. The summed E-state index contributed by atoms with van der Waals surface area (Å²) in [4.78, 5) is 12.8. The Kier molecular flexibility index (Phi) is 5.76. The van der Waals surface area contributed by atoms with Gasteiger partial charge in [-0.3, -0.25) is 4.79 Å². The highest BCUT2D eigenvalue weighted by atomic mass is 16.5. The first-order valence-corrected chi connectivity index (χ1v) is 8.95. The van der Waals surface area contributed by atoms with Gasteiger partial charge in [-0.25, -0.2) is 4.68 Å². The van der Waals surface area contributed by atoms with Crippen molar-refractivity contribution in [2.45, 2.75) is 20.8 Å². The number of carbonyl (C=O) groups is 1. The van der Waals surface area contributed by atoms with Crippen LogP contribution in [-0.2, 0) is 0 Å². The Morgan fingerprint density at radius 1 is 1.04 bits per heavy atom. The lowest BCUT2D eigenvalue weighted by atomic mass is 10.2. The van der Waals surface area contributed by atoms with Crippen LogP contribution in [0, 0.1) is 6.92 Å². The number of aryl methyl sites for hydroxylation is 1. The number of nitrogens with one attached hydrogen (secondary N) is 1. The van der Waals surface area contributed by atoms with E-state index in [9.17, 15) is 4.79 Å². The Morgan fingerprint density at radius 3 is 2.41 bits per heavy atom. The van der Waals surface area contributed by atoms with Crippen molar-refractivity contribution in [3.63, 3.8) is 0 Å². The van der Waals surface area contributed by atoms with Crippen LogP contribution in [0.15, 0.2) is 54.7 Å². The van der Waals surface area contributed by atoms with E-state index in [0.717, 1.165) is 17.0 Å². The van der Waals surface area contributed by atoms with Crippen molar-refractivity contribution >= 4 is 11.6 Å². The van der Waals surface area contributed by atoms with Crippen molar-refractivity contribution < 1.29 is 14.3 Å². The summed E-state index contributed by atoms with van der Waals surface area (Å²) in [6.45, 7) is 6.80. The number of amides is 1. The molecule has 2 aromatic carbocycles. The average Bonchev–Trinajstić information content (AvgIpc) is 3.09. The number of nitrogens with zero attached hydrogens (tertiary/aromatic N) is 2. The zero-order valence-corrected chi connectivity index (χ0v) is 15.7. The summed E-state index contributed by atoms with van der Waals surface area (Å²) in [5, 5.41) is 7.30. The zero-order valence-electron chi connectivity index (χ0n) is 15.7.